The average molecular weight is 366 g/mol. The minimum Gasteiger partial charge on any atom is -0.341 e. The largest absolute Gasteiger partial charge is 0.341 e. The van der Waals surface area contributed by atoms with Gasteiger partial charge in [0.25, 0.3) is 0 Å². The summed E-state index contributed by atoms with van der Waals surface area (Å²) in [6.45, 7) is 2.28. The van der Waals surface area contributed by atoms with Crippen LogP contribution in [0.5, 0.6) is 0 Å². The van der Waals surface area contributed by atoms with Gasteiger partial charge in [-0.1, -0.05) is 102 Å². The van der Waals surface area contributed by atoms with Crippen molar-refractivity contribution in [2.75, 3.05) is 5.32 Å². The van der Waals surface area contributed by atoms with Crippen LogP contribution in [-0.2, 0) is 6.42 Å². The predicted octanol–water partition coefficient (Wildman–Crippen LogP) is 7.56. The first-order chi connectivity index (χ1) is 11.7. The lowest BCUT2D eigenvalue weighted by atomic mass is 10.0. The van der Waals surface area contributed by atoms with Gasteiger partial charge in [0, 0.05) is 5.69 Å². The maximum Gasteiger partial charge on any atom is 0.135 e. The number of nitrogens with one attached hydrogen (secondary N) is 1. The van der Waals surface area contributed by atoms with Crippen LogP contribution in [0.15, 0.2) is 24.3 Å². The fraction of sp³-hybridized carbons (Fsp3) is 0.667. The Kier molecular flexibility index (Phi) is 13.2. The Balaban J connectivity index is 1.92. The van der Waals surface area contributed by atoms with E-state index in [1.165, 1.54) is 89.0 Å². The molecule has 0 amide bonds. The van der Waals surface area contributed by atoms with Crippen LogP contribution in [0.25, 0.3) is 0 Å². The number of benzene rings is 1. The van der Waals surface area contributed by atoms with Gasteiger partial charge in [0.1, 0.15) is 4.32 Å². The molecule has 0 spiro atoms. The van der Waals surface area contributed by atoms with E-state index in [2.05, 4.69) is 49.1 Å². The molecule has 0 fully saturated rings. The summed E-state index contributed by atoms with van der Waals surface area (Å²) in [5.41, 5.74) is 2.44. The Labute approximate surface area is 160 Å². The van der Waals surface area contributed by atoms with Gasteiger partial charge in [0.05, 0.1) is 0 Å². The van der Waals surface area contributed by atoms with Crippen molar-refractivity contribution in [2.24, 2.45) is 0 Å². The van der Waals surface area contributed by atoms with E-state index in [0.717, 1.165) is 5.69 Å². The van der Waals surface area contributed by atoms with Crippen molar-refractivity contribution in [1.82, 2.24) is 0 Å². The number of rotatable bonds is 14. The topological polar surface area (TPSA) is 12.0 Å². The van der Waals surface area contributed by atoms with Crippen LogP contribution in [0.2, 0.25) is 0 Å². The minimum atomic E-state index is 0.517. The fourth-order valence-electron chi connectivity index (χ4n) is 3.05. The molecular weight excluding hydrogens is 330 g/mol. The third-order valence-electron chi connectivity index (χ3n) is 4.52. The van der Waals surface area contributed by atoms with Crippen LogP contribution in [-0.4, -0.2) is 4.32 Å². The van der Waals surface area contributed by atoms with Gasteiger partial charge >= 0.3 is 0 Å². The first kappa shape index (κ1) is 21.5. The number of hydrogen-bond acceptors (Lipinski definition) is 1. The quantitative estimate of drug-likeness (QED) is 0.200. The zero-order chi connectivity index (χ0) is 17.5. The van der Waals surface area contributed by atoms with Crippen molar-refractivity contribution in [3.05, 3.63) is 29.8 Å². The molecule has 0 atom stereocenters. The molecule has 0 saturated heterocycles. The average Bonchev–Trinajstić information content (AvgIpc) is 2.57. The molecule has 0 aliphatic rings. The van der Waals surface area contributed by atoms with E-state index < -0.39 is 0 Å². The van der Waals surface area contributed by atoms with Crippen LogP contribution in [0, 0.1) is 0 Å². The van der Waals surface area contributed by atoms with Gasteiger partial charge in [-0.05, 0) is 30.5 Å². The highest BCUT2D eigenvalue weighted by Crippen LogP contribution is 2.15. The van der Waals surface area contributed by atoms with Crippen LogP contribution < -0.4 is 5.32 Å². The third kappa shape index (κ3) is 11.9. The molecule has 24 heavy (non-hydrogen) atoms. The molecule has 0 heterocycles. The number of aryl methyl sites for hydroxylation is 1. The Morgan fingerprint density at radius 1 is 0.792 bits per heavy atom. The van der Waals surface area contributed by atoms with E-state index in [9.17, 15) is 0 Å². The van der Waals surface area contributed by atoms with Crippen LogP contribution in [0.1, 0.15) is 89.5 Å². The fourth-order valence-corrected chi connectivity index (χ4v) is 3.30. The Morgan fingerprint density at radius 2 is 1.25 bits per heavy atom. The van der Waals surface area contributed by atoms with E-state index in [0.29, 0.717) is 4.32 Å². The number of hydrogen-bond donors (Lipinski definition) is 2. The van der Waals surface area contributed by atoms with Crippen LogP contribution >= 0.6 is 24.8 Å². The molecule has 1 aromatic carbocycles. The van der Waals surface area contributed by atoms with E-state index in [-0.39, 0.29) is 0 Å². The Morgan fingerprint density at radius 3 is 1.71 bits per heavy atom. The van der Waals surface area contributed by atoms with Crippen molar-refractivity contribution in [1.29, 1.82) is 0 Å². The summed E-state index contributed by atoms with van der Waals surface area (Å²) < 4.78 is 0.517. The molecule has 136 valence electrons. The molecule has 0 bridgehead atoms. The minimum absolute atomic E-state index is 0.517. The van der Waals surface area contributed by atoms with Gasteiger partial charge in [-0.15, -0.1) is 12.6 Å². The van der Waals surface area contributed by atoms with E-state index in [1.54, 1.807) is 0 Å². The second kappa shape index (κ2) is 14.8. The highest BCUT2D eigenvalue weighted by Gasteiger charge is 1.97. The molecule has 1 N–H and O–H groups in total. The smallest absolute Gasteiger partial charge is 0.135 e. The first-order valence-corrected chi connectivity index (χ1v) is 10.7. The van der Waals surface area contributed by atoms with Gasteiger partial charge in [0.15, 0.2) is 0 Å². The predicted molar refractivity (Wildman–Crippen MR) is 116 cm³/mol. The van der Waals surface area contributed by atoms with Crippen molar-refractivity contribution in [3.63, 3.8) is 0 Å². The second-order valence-corrected chi connectivity index (χ2v) is 7.92. The third-order valence-corrected chi connectivity index (χ3v) is 4.74. The van der Waals surface area contributed by atoms with Crippen molar-refractivity contribution in [2.45, 2.75) is 90.4 Å². The van der Waals surface area contributed by atoms with Crippen LogP contribution in [0.4, 0.5) is 5.69 Å². The lowest BCUT2D eigenvalue weighted by molar-refractivity contribution is 0.544. The highest BCUT2D eigenvalue weighted by molar-refractivity contribution is 8.11. The van der Waals surface area contributed by atoms with Crippen molar-refractivity contribution in [3.8, 4) is 0 Å². The standard InChI is InChI=1S/C21H35NS2/c1-2-3-4-5-6-7-8-9-10-11-12-13-14-19-15-17-20(18-16-19)22-21(23)24/h15-18H,2-14H2,1H3,(H2,22,23,24). The summed E-state index contributed by atoms with van der Waals surface area (Å²) in [5, 5.41) is 3.04. The summed E-state index contributed by atoms with van der Waals surface area (Å²) in [7, 11) is 0. The maximum atomic E-state index is 4.92. The summed E-state index contributed by atoms with van der Waals surface area (Å²) in [6, 6.07) is 8.54. The molecule has 0 radical (unpaired) electrons. The van der Waals surface area contributed by atoms with Gasteiger partial charge in [0.2, 0.25) is 0 Å². The molecule has 0 aliphatic heterocycles. The first-order valence-electron chi connectivity index (χ1n) is 9.81. The molecular formula is C21H35NS2. The SMILES string of the molecule is CCCCCCCCCCCCCCc1ccc(NC(=S)S)cc1. The Bertz CT molecular complexity index is 428. The number of thiol groups is 1. The zero-order valence-electron chi connectivity index (χ0n) is 15.4. The Hall–Kier alpha value is -0.540. The maximum absolute atomic E-state index is 4.92. The lowest BCUT2D eigenvalue weighted by Gasteiger charge is -2.06. The summed E-state index contributed by atoms with van der Waals surface area (Å²) in [5.74, 6) is 0. The van der Waals surface area contributed by atoms with E-state index >= 15 is 0 Å². The molecule has 1 nitrogen and oxygen atoms in total. The second-order valence-electron chi connectivity index (χ2n) is 6.77. The normalized spacial score (nSPS) is 10.8. The zero-order valence-corrected chi connectivity index (χ0v) is 17.1. The molecule has 3 heteroatoms. The molecule has 1 aromatic rings. The van der Waals surface area contributed by atoms with Gasteiger partial charge in [-0.3, -0.25) is 0 Å². The molecule has 0 aromatic heterocycles. The number of thiocarbonyl (C=S) groups is 1. The molecule has 0 aliphatic carbocycles. The van der Waals surface area contributed by atoms with Crippen molar-refractivity contribution < 1.29 is 0 Å². The van der Waals surface area contributed by atoms with E-state index in [1.807, 2.05) is 0 Å². The van der Waals surface area contributed by atoms with Crippen molar-refractivity contribution >= 4 is 34.9 Å². The van der Waals surface area contributed by atoms with E-state index in [4.69, 9.17) is 12.2 Å². The summed E-state index contributed by atoms with van der Waals surface area (Å²) in [6.07, 6.45) is 18.1. The monoisotopic (exact) mass is 365 g/mol. The highest BCUT2D eigenvalue weighted by atomic mass is 32.1. The molecule has 0 unspecified atom stereocenters. The van der Waals surface area contributed by atoms with Gasteiger partial charge in [-0.25, -0.2) is 0 Å². The number of unbranched alkanes of at least 4 members (excludes halogenated alkanes) is 11. The van der Waals surface area contributed by atoms with Gasteiger partial charge in [-0.2, -0.15) is 0 Å². The number of anilines is 1. The molecule has 1 rings (SSSR count). The van der Waals surface area contributed by atoms with Gasteiger partial charge < -0.3 is 5.32 Å². The summed E-state index contributed by atoms with van der Waals surface area (Å²) >= 11 is 9.01. The summed E-state index contributed by atoms with van der Waals surface area (Å²) in [4.78, 5) is 0. The lowest BCUT2D eigenvalue weighted by Crippen LogP contribution is -2.00. The van der Waals surface area contributed by atoms with Crippen LogP contribution in [0.3, 0.4) is 0 Å². The molecule has 0 saturated carbocycles.